The van der Waals surface area contributed by atoms with E-state index in [-0.39, 0.29) is 0 Å². The lowest BCUT2D eigenvalue weighted by Gasteiger charge is -2.34. The molecule has 0 saturated heterocycles. The van der Waals surface area contributed by atoms with Gasteiger partial charge in [-0.05, 0) is 44.7 Å². The quantitative estimate of drug-likeness (QED) is 0.630. The summed E-state index contributed by atoms with van der Waals surface area (Å²) in [6, 6.07) is 0.708. The average Bonchev–Trinajstić information content (AvgIpc) is 2.28. The van der Waals surface area contributed by atoms with Gasteiger partial charge in [0, 0.05) is 19.1 Å². The summed E-state index contributed by atoms with van der Waals surface area (Å²) in [7, 11) is 0. The Bertz CT molecular complexity index is 178. The summed E-state index contributed by atoms with van der Waals surface area (Å²) in [6.07, 6.45) is 8.27. The van der Waals surface area contributed by atoms with Gasteiger partial charge in [-0.25, -0.2) is 0 Å². The molecule has 1 fully saturated rings. The van der Waals surface area contributed by atoms with Gasteiger partial charge in [-0.3, -0.25) is 0 Å². The molecule has 1 unspecified atom stereocenters. The van der Waals surface area contributed by atoms with E-state index in [1.165, 1.54) is 64.7 Å². The number of likely N-dealkylation sites (N-methyl/N-ethyl adjacent to an activating group) is 1. The predicted octanol–water partition coefficient (Wildman–Crippen LogP) is 3.28. The second-order valence-corrected chi connectivity index (χ2v) is 5.59. The Labute approximate surface area is 108 Å². The molecule has 0 heterocycles. The SMILES string of the molecule is CCCNC(CCC)CN(CC)CC1CCC1. The van der Waals surface area contributed by atoms with E-state index in [0.29, 0.717) is 6.04 Å². The highest BCUT2D eigenvalue weighted by atomic mass is 15.1. The Morgan fingerprint density at radius 1 is 1.18 bits per heavy atom. The van der Waals surface area contributed by atoms with Crippen molar-refractivity contribution in [3.63, 3.8) is 0 Å². The standard InChI is InChI=1S/C15H32N2/c1-4-8-15(16-11-5-2)13-17(6-3)12-14-9-7-10-14/h14-16H,4-13H2,1-3H3. The van der Waals surface area contributed by atoms with Gasteiger partial charge in [0.15, 0.2) is 0 Å². The van der Waals surface area contributed by atoms with E-state index in [2.05, 4.69) is 31.0 Å². The Morgan fingerprint density at radius 3 is 2.41 bits per heavy atom. The molecule has 0 spiro atoms. The van der Waals surface area contributed by atoms with Crippen molar-refractivity contribution in [2.75, 3.05) is 26.2 Å². The Kier molecular flexibility index (Phi) is 7.87. The highest BCUT2D eigenvalue weighted by Gasteiger charge is 2.21. The summed E-state index contributed by atoms with van der Waals surface area (Å²) in [5.74, 6) is 1.00. The molecular weight excluding hydrogens is 208 g/mol. The fourth-order valence-corrected chi connectivity index (χ4v) is 2.64. The molecule has 1 saturated carbocycles. The maximum absolute atomic E-state index is 3.70. The van der Waals surface area contributed by atoms with Crippen LogP contribution in [0.1, 0.15) is 59.3 Å². The Morgan fingerprint density at radius 2 is 1.94 bits per heavy atom. The molecule has 2 nitrogen and oxygen atoms in total. The fraction of sp³-hybridized carbons (Fsp3) is 1.00. The van der Waals surface area contributed by atoms with Crippen LogP contribution >= 0.6 is 0 Å². The molecule has 0 aromatic carbocycles. The van der Waals surface area contributed by atoms with E-state index in [9.17, 15) is 0 Å². The second-order valence-electron chi connectivity index (χ2n) is 5.59. The zero-order valence-electron chi connectivity index (χ0n) is 12.2. The topological polar surface area (TPSA) is 15.3 Å². The van der Waals surface area contributed by atoms with Crippen molar-refractivity contribution in [3.05, 3.63) is 0 Å². The van der Waals surface area contributed by atoms with Gasteiger partial charge < -0.3 is 10.2 Å². The number of nitrogens with zero attached hydrogens (tertiary/aromatic N) is 1. The van der Waals surface area contributed by atoms with Crippen molar-refractivity contribution in [1.82, 2.24) is 10.2 Å². The van der Waals surface area contributed by atoms with Crippen LogP contribution in [0.2, 0.25) is 0 Å². The van der Waals surface area contributed by atoms with E-state index < -0.39 is 0 Å². The van der Waals surface area contributed by atoms with Crippen LogP contribution in [-0.4, -0.2) is 37.1 Å². The molecule has 102 valence electrons. The molecule has 0 aliphatic heterocycles. The summed E-state index contributed by atoms with van der Waals surface area (Å²) in [5, 5.41) is 3.70. The largest absolute Gasteiger partial charge is 0.313 e. The molecule has 17 heavy (non-hydrogen) atoms. The summed E-state index contributed by atoms with van der Waals surface area (Å²) in [5.41, 5.74) is 0. The van der Waals surface area contributed by atoms with Gasteiger partial charge in [0.05, 0.1) is 0 Å². The van der Waals surface area contributed by atoms with Gasteiger partial charge in [0.25, 0.3) is 0 Å². The lowest BCUT2D eigenvalue weighted by atomic mass is 9.85. The van der Waals surface area contributed by atoms with Crippen LogP contribution in [-0.2, 0) is 0 Å². The van der Waals surface area contributed by atoms with E-state index in [1.54, 1.807) is 0 Å². The third-order valence-corrected chi connectivity index (χ3v) is 3.99. The smallest absolute Gasteiger partial charge is 0.0194 e. The Balaban J connectivity index is 2.26. The molecular formula is C15H32N2. The molecule has 1 aliphatic rings. The van der Waals surface area contributed by atoms with E-state index in [1.807, 2.05) is 0 Å². The summed E-state index contributed by atoms with van der Waals surface area (Å²) < 4.78 is 0. The van der Waals surface area contributed by atoms with Gasteiger partial charge in [-0.2, -0.15) is 0 Å². The fourth-order valence-electron chi connectivity index (χ4n) is 2.64. The first-order chi connectivity index (χ1) is 8.30. The molecule has 1 N–H and O–H groups in total. The summed E-state index contributed by atoms with van der Waals surface area (Å²) in [4.78, 5) is 2.66. The second kappa shape index (κ2) is 8.93. The Hall–Kier alpha value is -0.0800. The normalized spacial score (nSPS) is 18.4. The van der Waals surface area contributed by atoms with Crippen LogP contribution in [0.25, 0.3) is 0 Å². The number of nitrogens with one attached hydrogen (secondary N) is 1. The van der Waals surface area contributed by atoms with Crippen molar-refractivity contribution in [2.24, 2.45) is 5.92 Å². The van der Waals surface area contributed by atoms with Gasteiger partial charge in [-0.15, -0.1) is 0 Å². The van der Waals surface area contributed by atoms with Gasteiger partial charge in [-0.1, -0.05) is 33.6 Å². The summed E-state index contributed by atoms with van der Waals surface area (Å²) >= 11 is 0. The first-order valence-corrected chi connectivity index (χ1v) is 7.75. The third-order valence-electron chi connectivity index (χ3n) is 3.99. The van der Waals surface area contributed by atoms with Gasteiger partial charge >= 0.3 is 0 Å². The van der Waals surface area contributed by atoms with Crippen LogP contribution in [0.15, 0.2) is 0 Å². The molecule has 1 rings (SSSR count). The summed E-state index contributed by atoms with van der Waals surface area (Å²) in [6.45, 7) is 11.8. The average molecular weight is 240 g/mol. The first kappa shape index (κ1) is 15.0. The molecule has 1 aliphatic carbocycles. The van der Waals surface area contributed by atoms with Crippen LogP contribution in [0.3, 0.4) is 0 Å². The van der Waals surface area contributed by atoms with Crippen LogP contribution < -0.4 is 5.32 Å². The van der Waals surface area contributed by atoms with E-state index in [0.717, 1.165) is 5.92 Å². The van der Waals surface area contributed by atoms with Crippen molar-refractivity contribution in [2.45, 2.75) is 65.3 Å². The van der Waals surface area contributed by atoms with Crippen LogP contribution in [0.5, 0.6) is 0 Å². The molecule has 0 bridgehead atoms. The molecule has 2 heteroatoms. The van der Waals surface area contributed by atoms with Crippen molar-refractivity contribution in [1.29, 1.82) is 0 Å². The van der Waals surface area contributed by atoms with Gasteiger partial charge in [0.2, 0.25) is 0 Å². The number of rotatable bonds is 10. The lowest BCUT2D eigenvalue weighted by molar-refractivity contribution is 0.167. The zero-order chi connectivity index (χ0) is 12.5. The highest BCUT2D eigenvalue weighted by Crippen LogP contribution is 2.27. The zero-order valence-corrected chi connectivity index (χ0v) is 12.2. The minimum atomic E-state index is 0.708. The third kappa shape index (κ3) is 5.87. The van der Waals surface area contributed by atoms with E-state index in [4.69, 9.17) is 0 Å². The molecule has 0 aromatic heterocycles. The molecule has 0 amide bonds. The van der Waals surface area contributed by atoms with Crippen molar-refractivity contribution < 1.29 is 0 Å². The highest BCUT2D eigenvalue weighted by molar-refractivity contribution is 4.77. The monoisotopic (exact) mass is 240 g/mol. The minimum Gasteiger partial charge on any atom is -0.313 e. The van der Waals surface area contributed by atoms with Crippen molar-refractivity contribution >= 4 is 0 Å². The van der Waals surface area contributed by atoms with Crippen molar-refractivity contribution in [3.8, 4) is 0 Å². The number of hydrogen-bond donors (Lipinski definition) is 1. The molecule has 0 aromatic rings. The van der Waals surface area contributed by atoms with Crippen LogP contribution in [0, 0.1) is 5.92 Å². The molecule has 1 atom stereocenters. The van der Waals surface area contributed by atoms with Gasteiger partial charge in [0.1, 0.15) is 0 Å². The minimum absolute atomic E-state index is 0.708. The first-order valence-electron chi connectivity index (χ1n) is 7.75. The number of hydrogen-bond acceptors (Lipinski definition) is 2. The maximum atomic E-state index is 3.70. The lowest BCUT2D eigenvalue weighted by Crippen LogP contribution is -2.43. The van der Waals surface area contributed by atoms with E-state index >= 15 is 0 Å². The molecule has 0 radical (unpaired) electrons. The predicted molar refractivity (Wildman–Crippen MR) is 76.4 cm³/mol. The maximum Gasteiger partial charge on any atom is 0.0194 e. The van der Waals surface area contributed by atoms with Crippen LogP contribution in [0.4, 0.5) is 0 Å².